The van der Waals surface area contributed by atoms with Crippen LogP contribution < -0.4 is 10.2 Å². The average molecular weight is 180 g/mol. The van der Waals surface area contributed by atoms with Crippen LogP contribution >= 0.6 is 0 Å². The molecule has 0 atom stereocenters. The van der Waals surface area contributed by atoms with Crippen LogP contribution in [0.5, 0.6) is 0 Å². The second kappa shape index (κ2) is 3.26. The van der Waals surface area contributed by atoms with Gasteiger partial charge in [-0.05, 0) is 0 Å². The highest BCUT2D eigenvalue weighted by Gasteiger charge is 2.07. The van der Waals surface area contributed by atoms with Crippen LogP contribution in [0.2, 0.25) is 0 Å². The van der Waals surface area contributed by atoms with Gasteiger partial charge in [-0.1, -0.05) is 6.92 Å². The number of H-pyrrole nitrogens is 1. The summed E-state index contributed by atoms with van der Waals surface area (Å²) in [4.78, 5) is 6.24. The molecule has 1 aromatic heterocycles. The highest BCUT2D eigenvalue weighted by molar-refractivity contribution is 5.99. The lowest BCUT2D eigenvalue weighted by Gasteiger charge is -2.09. The Hall–Kier alpha value is -1.85. The molecule has 6 heteroatoms. The van der Waals surface area contributed by atoms with Crippen molar-refractivity contribution in [3.63, 3.8) is 0 Å². The first-order valence-electron chi connectivity index (χ1n) is 3.67. The molecular formula is C7H8N4O2-2. The number of hydrogen-bond acceptors (Lipinski definition) is 5. The van der Waals surface area contributed by atoms with Gasteiger partial charge in [-0.25, -0.2) is 4.98 Å². The van der Waals surface area contributed by atoms with Crippen molar-refractivity contribution in [3.8, 4) is 0 Å². The molecule has 0 amide bonds. The Morgan fingerprint density at radius 1 is 1.38 bits per heavy atom. The van der Waals surface area contributed by atoms with Gasteiger partial charge in [-0.15, -0.1) is 0 Å². The van der Waals surface area contributed by atoms with Crippen molar-refractivity contribution in [2.24, 2.45) is 0 Å². The van der Waals surface area contributed by atoms with Crippen LogP contribution in [0.1, 0.15) is 24.1 Å². The van der Waals surface area contributed by atoms with Gasteiger partial charge in [0.15, 0.2) is 0 Å². The van der Waals surface area contributed by atoms with Crippen LogP contribution in [-0.4, -0.2) is 21.8 Å². The predicted octanol–water partition coefficient (Wildman–Crippen LogP) is -1.66. The van der Waals surface area contributed by atoms with Gasteiger partial charge in [0.05, 0.1) is 11.4 Å². The van der Waals surface area contributed by atoms with Crippen molar-refractivity contribution < 1.29 is 10.2 Å². The fraction of sp³-hybridized carbons (Fsp3) is 0.286. The van der Waals surface area contributed by atoms with Gasteiger partial charge in [-0.2, -0.15) is 0 Å². The fourth-order valence-electron chi connectivity index (χ4n) is 0.918. The van der Waals surface area contributed by atoms with Crippen molar-refractivity contribution in [1.29, 1.82) is 10.8 Å². The molecule has 0 unspecified atom stereocenters. The van der Waals surface area contributed by atoms with E-state index in [4.69, 9.17) is 10.8 Å². The summed E-state index contributed by atoms with van der Waals surface area (Å²) in [6.45, 7) is 1.79. The second-order valence-electron chi connectivity index (χ2n) is 2.42. The standard InChI is InChI=1S/C7H10N4O2/c1-2-3-10-4(6(8)12)5(11-3)7(9)13/h2H2,1H3,(H2,8,12)(H2,9,13)(H,10,11)/p-2. The van der Waals surface area contributed by atoms with Crippen LogP contribution in [0.4, 0.5) is 0 Å². The summed E-state index contributed by atoms with van der Waals surface area (Å²) < 4.78 is 0. The number of aromatic nitrogens is 2. The smallest absolute Gasteiger partial charge is 0.107 e. The molecule has 0 bridgehead atoms. The minimum atomic E-state index is -1.05. The largest absolute Gasteiger partial charge is 0.858 e. The minimum Gasteiger partial charge on any atom is -0.858 e. The Kier molecular flexibility index (Phi) is 2.32. The molecule has 1 rings (SSSR count). The third kappa shape index (κ3) is 1.66. The number of nitrogens with one attached hydrogen (secondary N) is 3. The average Bonchev–Trinajstić information content (AvgIpc) is 2.47. The maximum Gasteiger partial charge on any atom is 0.107 e. The third-order valence-electron chi connectivity index (χ3n) is 1.53. The maximum absolute atomic E-state index is 10.7. The highest BCUT2D eigenvalue weighted by Crippen LogP contribution is 2.04. The van der Waals surface area contributed by atoms with Crippen LogP contribution in [0, 0.1) is 10.8 Å². The maximum atomic E-state index is 10.7. The summed E-state index contributed by atoms with van der Waals surface area (Å²) in [5, 5.41) is 34.9. The lowest BCUT2D eigenvalue weighted by atomic mass is 10.3. The lowest BCUT2D eigenvalue weighted by molar-refractivity contribution is -0.218. The molecule has 1 aromatic rings. The van der Waals surface area contributed by atoms with E-state index in [2.05, 4.69) is 9.97 Å². The molecule has 0 radical (unpaired) electrons. The topological polar surface area (TPSA) is 122 Å². The molecule has 1 heterocycles. The molecule has 0 fully saturated rings. The summed E-state index contributed by atoms with van der Waals surface area (Å²) in [5.74, 6) is -1.64. The van der Waals surface area contributed by atoms with Crippen molar-refractivity contribution in [1.82, 2.24) is 9.97 Å². The van der Waals surface area contributed by atoms with Gasteiger partial charge in [0.2, 0.25) is 0 Å². The molecule has 13 heavy (non-hydrogen) atoms. The number of aryl methyl sites for hydroxylation is 1. The SMILES string of the molecule is CCc1nc(C(=N)[O-])c(C(=N)[O-])[nH]1. The van der Waals surface area contributed by atoms with E-state index >= 15 is 0 Å². The van der Waals surface area contributed by atoms with E-state index in [1.54, 1.807) is 6.92 Å². The van der Waals surface area contributed by atoms with E-state index in [0.29, 0.717) is 12.2 Å². The second-order valence-corrected chi connectivity index (χ2v) is 2.42. The monoisotopic (exact) mass is 180 g/mol. The summed E-state index contributed by atoms with van der Waals surface area (Å²) in [7, 11) is 0. The third-order valence-corrected chi connectivity index (χ3v) is 1.53. The Morgan fingerprint density at radius 3 is 2.31 bits per heavy atom. The molecule has 0 spiro atoms. The quantitative estimate of drug-likeness (QED) is 0.381. The number of nitrogens with zero attached hydrogens (tertiary/aromatic N) is 1. The first-order chi connectivity index (χ1) is 6.06. The van der Waals surface area contributed by atoms with E-state index in [1.807, 2.05) is 0 Å². The number of aromatic amines is 1. The Bertz CT molecular complexity index is 324. The van der Waals surface area contributed by atoms with Gasteiger partial charge in [0.1, 0.15) is 5.82 Å². The van der Waals surface area contributed by atoms with Gasteiger partial charge in [0.25, 0.3) is 0 Å². The zero-order valence-corrected chi connectivity index (χ0v) is 6.97. The van der Waals surface area contributed by atoms with E-state index in [9.17, 15) is 10.2 Å². The molecule has 0 aliphatic rings. The summed E-state index contributed by atoms with van der Waals surface area (Å²) in [6, 6.07) is 0. The molecular weight excluding hydrogens is 172 g/mol. The van der Waals surface area contributed by atoms with Gasteiger partial charge >= 0.3 is 0 Å². The Morgan fingerprint density at radius 2 is 2.00 bits per heavy atom. The molecule has 0 saturated heterocycles. The minimum absolute atomic E-state index is 0.197. The normalized spacial score (nSPS) is 9.92. The Labute approximate surface area is 74.3 Å². The van der Waals surface area contributed by atoms with Crippen LogP contribution in [0.25, 0.3) is 0 Å². The zero-order valence-electron chi connectivity index (χ0n) is 6.97. The summed E-state index contributed by atoms with van der Waals surface area (Å²) >= 11 is 0. The van der Waals surface area contributed by atoms with Crippen LogP contribution in [-0.2, 0) is 6.42 Å². The summed E-state index contributed by atoms with van der Waals surface area (Å²) in [5.41, 5.74) is -0.464. The summed E-state index contributed by atoms with van der Waals surface area (Å²) in [6.07, 6.45) is 0.521. The first kappa shape index (κ1) is 9.24. The van der Waals surface area contributed by atoms with E-state index < -0.39 is 11.8 Å². The van der Waals surface area contributed by atoms with E-state index in [0.717, 1.165) is 0 Å². The fourth-order valence-corrected chi connectivity index (χ4v) is 0.918. The molecule has 6 nitrogen and oxygen atoms in total. The van der Waals surface area contributed by atoms with Crippen molar-refractivity contribution in [2.75, 3.05) is 0 Å². The lowest BCUT2D eigenvalue weighted by Crippen LogP contribution is -2.25. The first-order valence-corrected chi connectivity index (χ1v) is 3.67. The van der Waals surface area contributed by atoms with Gasteiger partial charge < -0.3 is 26.0 Å². The van der Waals surface area contributed by atoms with E-state index in [1.165, 1.54) is 0 Å². The van der Waals surface area contributed by atoms with Gasteiger partial charge in [0, 0.05) is 18.2 Å². The molecule has 0 aliphatic heterocycles. The van der Waals surface area contributed by atoms with Crippen LogP contribution in [0.15, 0.2) is 0 Å². The molecule has 0 saturated carbocycles. The van der Waals surface area contributed by atoms with Crippen molar-refractivity contribution in [2.45, 2.75) is 13.3 Å². The van der Waals surface area contributed by atoms with Gasteiger partial charge in [-0.3, -0.25) is 0 Å². The molecule has 70 valence electrons. The predicted molar refractivity (Wildman–Crippen MR) is 41.6 cm³/mol. The van der Waals surface area contributed by atoms with Crippen molar-refractivity contribution in [3.05, 3.63) is 17.2 Å². The number of imidazole rings is 1. The van der Waals surface area contributed by atoms with Crippen molar-refractivity contribution >= 4 is 11.8 Å². The van der Waals surface area contributed by atoms with Crippen LogP contribution in [0.3, 0.4) is 0 Å². The molecule has 0 aliphatic carbocycles. The van der Waals surface area contributed by atoms with E-state index in [-0.39, 0.29) is 11.4 Å². The zero-order chi connectivity index (χ0) is 10.0. The number of rotatable bonds is 3. The molecule has 0 aromatic carbocycles. The Balaban J connectivity index is 3.23. The number of hydrogen-bond donors (Lipinski definition) is 3. The molecule has 3 N–H and O–H groups in total. The highest BCUT2D eigenvalue weighted by atomic mass is 16.3.